The number of benzene rings is 2. The molecule has 0 bridgehead atoms. The molecule has 1 aliphatic rings. The van der Waals surface area contributed by atoms with Gasteiger partial charge in [0.1, 0.15) is 11.6 Å². The monoisotopic (exact) mass is 387 g/mol. The van der Waals surface area contributed by atoms with Crippen molar-refractivity contribution in [2.75, 3.05) is 19.8 Å². The van der Waals surface area contributed by atoms with Crippen LogP contribution in [0.3, 0.4) is 0 Å². The van der Waals surface area contributed by atoms with Gasteiger partial charge in [0.25, 0.3) is 0 Å². The van der Waals surface area contributed by atoms with Crippen molar-refractivity contribution in [3.63, 3.8) is 0 Å². The maximum Gasteiger partial charge on any atom is 0.416 e. The van der Waals surface area contributed by atoms with E-state index in [9.17, 15) is 22.0 Å². The van der Waals surface area contributed by atoms with Crippen LogP contribution in [0.1, 0.15) is 22.7 Å². The summed E-state index contributed by atoms with van der Waals surface area (Å²) in [6, 6.07) is 7.96. The molecule has 1 aliphatic heterocycles. The number of morpholine rings is 1. The molecule has 1 heterocycles. The van der Waals surface area contributed by atoms with Crippen LogP contribution in [0.2, 0.25) is 0 Å². The van der Waals surface area contributed by atoms with E-state index in [0.717, 1.165) is 17.7 Å². The number of alkyl halides is 3. The smallest absolute Gasteiger partial charge is 0.350 e. The Morgan fingerprint density at radius 1 is 1.04 bits per heavy atom. The van der Waals surface area contributed by atoms with Crippen molar-refractivity contribution >= 4 is 0 Å². The second-order valence-corrected chi connectivity index (χ2v) is 6.19. The molecule has 2 aromatic rings. The van der Waals surface area contributed by atoms with E-state index in [2.05, 4.69) is 5.32 Å². The minimum Gasteiger partial charge on any atom is -0.350 e. The summed E-state index contributed by atoms with van der Waals surface area (Å²) < 4.78 is 76.1. The van der Waals surface area contributed by atoms with Crippen LogP contribution in [0.15, 0.2) is 42.5 Å². The van der Waals surface area contributed by atoms with Crippen LogP contribution in [-0.2, 0) is 22.1 Å². The average molecular weight is 387 g/mol. The van der Waals surface area contributed by atoms with E-state index in [1.54, 1.807) is 12.1 Å². The summed E-state index contributed by atoms with van der Waals surface area (Å²) in [5, 5.41) is 3.21. The molecule has 2 aromatic carbocycles. The first-order valence-corrected chi connectivity index (χ1v) is 8.41. The first-order chi connectivity index (χ1) is 12.8. The fourth-order valence-corrected chi connectivity index (χ4v) is 2.92. The quantitative estimate of drug-likeness (QED) is 0.779. The summed E-state index contributed by atoms with van der Waals surface area (Å²) in [4.78, 5) is 0. The van der Waals surface area contributed by atoms with Gasteiger partial charge in [0.15, 0.2) is 6.29 Å². The molecule has 0 amide bonds. The standard InChI is InChI=1S/C19H18F5NO2/c20-15-3-1-13(2-4-15)17-18(27-8-6-25-17)26-7-5-12-9-14(19(22,23)24)11-16(21)10-12/h1-4,9-11,17-18,25H,5-8H2/t17-,18+/m0/s1. The predicted octanol–water partition coefficient (Wildman–Crippen LogP) is 4.23. The molecule has 0 saturated carbocycles. The van der Waals surface area contributed by atoms with Gasteiger partial charge in [-0.15, -0.1) is 0 Å². The van der Waals surface area contributed by atoms with Crippen molar-refractivity contribution in [2.45, 2.75) is 24.9 Å². The van der Waals surface area contributed by atoms with E-state index < -0.39 is 23.8 Å². The minimum atomic E-state index is -4.61. The molecule has 2 atom stereocenters. The molecule has 146 valence electrons. The van der Waals surface area contributed by atoms with Crippen LogP contribution >= 0.6 is 0 Å². The third-order valence-electron chi connectivity index (χ3n) is 4.21. The maximum absolute atomic E-state index is 13.4. The van der Waals surface area contributed by atoms with Crippen molar-refractivity contribution in [1.82, 2.24) is 5.32 Å². The van der Waals surface area contributed by atoms with Gasteiger partial charge in [-0.1, -0.05) is 12.1 Å². The van der Waals surface area contributed by atoms with Gasteiger partial charge in [-0.25, -0.2) is 8.78 Å². The lowest BCUT2D eigenvalue weighted by molar-refractivity contribution is -0.176. The second-order valence-electron chi connectivity index (χ2n) is 6.19. The summed E-state index contributed by atoms with van der Waals surface area (Å²) in [5.74, 6) is -1.31. The molecule has 0 unspecified atom stereocenters. The van der Waals surface area contributed by atoms with E-state index in [-0.39, 0.29) is 30.5 Å². The van der Waals surface area contributed by atoms with Crippen molar-refractivity contribution in [1.29, 1.82) is 0 Å². The summed E-state index contributed by atoms with van der Waals surface area (Å²) in [5.41, 5.74) is -0.0760. The van der Waals surface area contributed by atoms with Gasteiger partial charge >= 0.3 is 6.18 Å². The summed E-state index contributed by atoms with van der Waals surface area (Å²) in [6.07, 6.45) is -5.20. The molecule has 3 rings (SSSR count). The van der Waals surface area contributed by atoms with Crippen molar-refractivity contribution in [3.8, 4) is 0 Å². The van der Waals surface area contributed by atoms with E-state index in [1.807, 2.05) is 0 Å². The number of ether oxygens (including phenoxy) is 2. The first-order valence-electron chi connectivity index (χ1n) is 8.41. The van der Waals surface area contributed by atoms with Crippen molar-refractivity contribution in [2.24, 2.45) is 0 Å². The van der Waals surface area contributed by atoms with Gasteiger partial charge in [-0.3, -0.25) is 0 Å². The summed E-state index contributed by atoms with van der Waals surface area (Å²) in [6.45, 7) is 1.03. The zero-order chi connectivity index (χ0) is 19.4. The predicted molar refractivity (Wildman–Crippen MR) is 87.9 cm³/mol. The van der Waals surface area contributed by atoms with Gasteiger partial charge < -0.3 is 14.8 Å². The Morgan fingerprint density at radius 2 is 1.78 bits per heavy atom. The molecule has 27 heavy (non-hydrogen) atoms. The van der Waals surface area contributed by atoms with E-state index in [4.69, 9.17) is 9.47 Å². The molecule has 0 spiro atoms. The van der Waals surface area contributed by atoms with Crippen molar-refractivity contribution in [3.05, 3.63) is 70.8 Å². The van der Waals surface area contributed by atoms with Gasteiger partial charge in [-0.2, -0.15) is 13.2 Å². The molecule has 1 fully saturated rings. The van der Waals surface area contributed by atoms with E-state index >= 15 is 0 Å². The minimum absolute atomic E-state index is 0.0464. The number of rotatable bonds is 5. The number of hydrogen-bond donors (Lipinski definition) is 1. The van der Waals surface area contributed by atoms with E-state index in [0.29, 0.717) is 19.2 Å². The Hall–Kier alpha value is -2.03. The molecule has 8 heteroatoms. The molecule has 0 aliphatic carbocycles. The second kappa shape index (κ2) is 8.33. The molecule has 0 radical (unpaired) electrons. The van der Waals surface area contributed by atoms with Gasteiger partial charge in [0.05, 0.1) is 24.8 Å². The average Bonchev–Trinajstić information content (AvgIpc) is 2.62. The fourth-order valence-electron chi connectivity index (χ4n) is 2.92. The Bertz CT molecular complexity index is 764. The van der Waals surface area contributed by atoms with Gasteiger partial charge in [0.2, 0.25) is 0 Å². The van der Waals surface area contributed by atoms with E-state index in [1.165, 1.54) is 12.1 Å². The third kappa shape index (κ3) is 5.24. The van der Waals surface area contributed by atoms with Crippen LogP contribution in [0.25, 0.3) is 0 Å². The lowest BCUT2D eigenvalue weighted by Crippen LogP contribution is -2.43. The first kappa shape index (κ1) is 19.7. The SMILES string of the molecule is Fc1ccc([C@@H]2NCCO[C@H]2OCCc2cc(F)cc(C(F)(F)F)c2)cc1. The fraction of sp³-hybridized carbons (Fsp3) is 0.368. The molecular weight excluding hydrogens is 369 g/mol. The Kier molecular flexibility index (Phi) is 6.08. The lowest BCUT2D eigenvalue weighted by atomic mass is 10.1. The highest BCUT2D eigenvalue weighted by Crippen LogP contribution is 2.30. The maximum atomic E-state index is 13.4. The van der Waals surface area contributed by atoms with Crippen LogP contribution in [0.4, 0.5) is 22.0 Å². The highest BCUT2D eigenvalue weighted by molar-refractivity contribution is 5.27. The molecular formula is C19H18F5NO2. The Balaban J connectivity index is 1.63. The van der Waals surface area contributed by atoms with Crippen molar-refractivity contribution < 1.29 is 31.4 Å². The zero-order valence-electron chi connectivity index (χ0n) is 14.2. The zero-order valence-corrected chi connectivity index (χ0v) is 14.2. The summed E-state index contributed by atoms with van der Waals surface area (Å²) >= 11 is 0. The molecule has 3 nitrogen and oxygen atoms in total. The van der Waals surface area contributed by atoms with Crippen LogP contribution in [0, 0.1) is 11.6 Å². The van der Waals surface area contributed by atoms with Crippen LogP contribution < -0.4 is 5.32 Å². The topological polar surface area (TPSA) is 30.5 Å². The highest BCUT2D eigenvalue weighted by Gasteiger charge is 2.31. The van der Waals surface area contributed by atoms with Crippen LogP contribution in [-0.4, -0.2) is 26.0 Å². The lowest BCUT2D eigenvalue weighted by Gasteiger charge is -2.33. The summed E-state index contributed by atoms with van der Waals surface area (Å²) in [7, 11) is 0. The molecule has 1 N–H and O–H groups in total. The third-order valence-corrected chi connectivity index (χ3v) is 4.21. The number of hydrogen-bond acceptors (Lipinski definition) is 3. The van der Waals surface area contributed by atoms with Crippen LogP contribution in [0.5, 0.6) is 0 Å². The highest BCUT2D eigenvalue weighted by atomic mass is 19.4. The number of nitrogens with one attached hydrogen (secondary N) is 1. The molecule has 0 aromatic heterocycles. The normalized spacial score (nSPS) is 20.6. The molecule has 1 saturated heterocycles. The Labute approximate surface area is 153 Å². The number of halogens is 5. The van der Waals surface area contributed by atoms with Gasteiger partial charge in [-0.05, 0) is 47.9 Å². The largest absolute Gasteiger partial charge is 0.416 e. The van der Waals surface area contributed by atoms with Gasteiger partial charge in [0, 0.05) is 6.54 Å². The Morgan fingerprint density at radius 3 is 2.48 bits per heavy atom.